The van der Waals surface area contributed by atoms with Crippen LogP contribution in [0.15, 0.2) is 29.2 Å². The predicted octanol–water partition coefficient (Wildman–Crippen LogP) is 1.41. The van der Waals surface area contributed by atoms with Gasteiger partial charge in [-0.1, -0.05) is 18.9 Å². The molecule has 2 amide bonds. The number of hydrogen-bond donors (Lipinski definition) is 3. The number of rotatable bonds is 9. The van der Waals surface area contributed by atoms with E-state index in [-0.39, 0.29) is 28.2 Å². The third-order valence-electron chi connectivity index (χ3n) is 5.10. The summed E-state index contributed by atoms with van der Waals surface area (Å²) in [5, 5.41) is 5.56. The van der Waals surface area contributed by atoms with Crippen molar-refractivity contribution in [2.75, 3.05) is 19.6 Å². The molecule has 0 saturated heterocycles. The molecule has 0 spiro atoms. The van der Waals surface area contributed by atoms with Crippen molar-refractivity contribution in [1.29, 1.82) is 0 Å². The van der Waals surface area contributed by atoms with Crippen LogP contribution in [0.25, 0.3) is 0 Å². The van der Waals surface area contributed by atoms with Gasteiger partial charge in [-0.05, 0) is 49.8 Å². The van der Waals surface area contributed by atoms with Gasteiger partial charge >= 0.3 is 0 Å². The van der Waals surface area contributed by atoms with Crippen LogP contribution >= 0.6 is 0 Å². The number of sulfonamides is 1. The topological polar surface area (TPSA) is 104 Å². The van der Waals surface area contributed by atoms with Crippen LogP contribution in [0.4, 0.5) is 0 Å². The maximum absolute atomic E-state index is 12.3. The van der Waals surface area contributed by atoms with Crippen molar-refractivity contribution in [2.45, 2.75) is 43.4 Å². The molecular formula is C19H27N3O4S. The van der Waals surface area contributed by atoms with Crippen molar-refractivity contribution < 1.29 is 18.0 Å². The minimum absolute atomic E-state index is 0.0524. The Kier molecular flexibility index (Phi) is 6.49. The lowest BCUT2D eigenvalue weighted by atomic mass is 10.1. The van der Waals surface area contributed by atoms with E-state index >= 15 is 0 Å². The maximum Gasteiger partial charge on any atom is 0.251 e. The molecule has 0 bridgehead atoms. The summed E-state index contributed by atoms with van der Waals surface area (Å²) in [6, 6.07) is 5.99. The van der Waals surface area contributed by atoms with Crippen molar-refractivity contribution in [2.24, 2.45) is 11.8 Å². The van der Waals surface area contributed by atoms with Crippen LogP contribution in [-0.4, -0.2) is 39.9 Å². The third-order valence-corrected chi connectivity index (χ3v) is 6.52. The van der Waals surface area contributed by atoms with Gasteiger partial charge in [0.25, 0.3) is 5.91 Å². The molecule has 0 aromatic heterocycles. The molecule has 27 heavy (non-hydrogen) atoms. The van der Waals surface area contributed by atoms with Crippen LogP contribution in [0.5, 0.6) is 0 Å². The molecule has 3 rings (SSSR count). The summed E-state index contributed by atoms with van der Waals surface area (Å²) in [4.78, 5) is 24.3. The first-order valence-corrected chi connectivity index (χ1v) is 11.1. The van der Waals surface area contributed by atoms with E-state index in [0.29, 0.717) is 25.6 Å². The van der Waals surface area contributed by atoms with E-state index < -0.39 is 10.0 Å². The molecule has 2 fully saturated rings. The van der Waals surface area contributed by atoms with Gasteiger partial charge in [0.1, 0.15) is 0 Å². The zero-order chi connectivity index (χ0) is 19.3. The van der Waals surface area contributed by atoms with Gasteiger partial charge in [-0.2, -0.15) is 0 Å². The molecule has 0 unspecified atom stereocenters. The average molecular weight is 394 g/mol. The fourth-order valence-corrected chi connectivity index (χ4v) is 4.40. The first-order chi connectivity index (χ1) is 13.0. The normalized spacial score (nSPS) is 17.6. The van der Waals surface area contributed by atoms with E-state index in [9.17, 15) is 18.0 Å². The van der Waals surface area contributed by atoms with Crippen LogP contribution in [0.3, 0.4) is 0 Å². The molecule has 0 heterocycles. The molecule has 7 nitrogen and oxygen atoms in total. The highest BCUT2D eigenvalue weighted by molar-refractivity contribution is 7.89. The van der Waals surface area contributed by atoms with Crippen LogP contribution in [0.1, 0.15) is 48.9 Å². The lowest BCUT2D eigenvalue weighted by Gasteiger charge is -2.11. The first-order valence-electron chi connectivity index (χ1n) is 9.61. The molecule has 1 aromatic rings. The monoisotopic (exact) mass is 393 g/mol. The quantitative estimate of drug-likeness (QED) is 0.552. The molecule has 3 N–H and O–H groups in total. The van der Waals surface area contributed by atoms with Gasteiger partial charge in [0, 0.05) is 31.1 Å². The SMILES string of the molecule is O=C(NCCNC(=O)C1CCCC1)c1cccc(S(=O)(=O)NCC2CC2)c1. The second kappa shape index (κ2) is 8.84. The van der Waals surface area contributed by atoms with Gasteiger partial charge in [-0.3, -0.25) is 9.59 Å². The summed E-state index contributed by atoms with van der Waals surface area (Å²) in [7, 11) is -3.60. The van der Waals surface area contributed by atoms with Gasteiger partial charge in [-0.25, -0.2) is 13.1 Å². The Morgan fingerprint density at radius 1 is 1.00 bits per heavy atom. The van der Waals surface area contributed by atoms with Gasteiger partial charge in [-0.15, -0.1) is 0 Å². The Hall–Kier alpha value is -1.93. The van der Waals surface area contributed by atoms with Gasteiger partial charge in [0.05, 0.1) is 4.90 Å². The molecule has 2 aliphatic rings. The Balaban J connectivity index is 1.47. The minimum Gasteiger partial charge on any atom is -0.354 e. The molecular weight excluding hydrogens is 366 g/mol. The number of carbonyl (C=O) groups is 2. The van der Waals surface area contributed by atoms with Crippen molar-refractivity contribution in [3.05, 3.63) is 29.8 Å². The highest BCUT2D eigenvalue weighted by Crippen LogP contribution is 2.28. The summed E-state index contributed by atoms with van der Waals surface area (Å²) in [6.07, 6.45) is 6.19. The Bertz CT molecular complexity index is 784. The van der Waals surface area contributed by atoms with E-state index in [1.807, 2.05) is 0 Å². The third kappa shape index (κ3) is 5.77. The second-order valence-corrected chi connectivity index (χ2v) is 9.12. The summed E-state index contributed by atoms with van der Waals surface area (Å²) in [6.45, 7) is 1.11. The highest BCUT2D eigenvalue weighted by atomic mass is 32.2. The van der Waals surface area contributed by atoms with Gasteiger partial charge in [0.15, 0.2) is 0 Å². The Morgan fingerprint density at radius 2 is 1.70 bits per heavy atom. The van der Waals surface area contributed by atoms with Crippen LogP contribution in [-0.2, 0) is 14.8 Å². The predicted molar refractivity (Wildman–Crippen MR) is 102 cm³/mol. The van der Waals surface area contributed by atoms with E-state index in [1.165, 1.54) is 12.1 Å². The standard InChI is InChI=1S/C19H27N3O4S/c23-18(15-4-1-2-5-15)20-10-11-21-19(24)16-6-3-7-17(12-16)27(25,26)22-13-14-8-9-14/h3,6-7,12,14-15,22H,1-2,4-5,8-11,13H2,(H,20,23)(H,21,24). The smallest absolute Gasteiger partial charge is 0.251 e. The number of hydrogen-bond acceptors (Lipinski definition) is 4. The van der Waals surface area contributed by atoms with Crippen LogP contribution in [0, 0.1) is 11.8 Å². The second-order valence-electron chi connectivity index (χ2n) is 7.35. The van der Waals surface area contributed by atoms with Crippen molar-refractivity contribution in [1.82, 2.24) is 15.4 Å². The summed E-state index contributed by atoms with van der Waals surface area (Å²) >= 11 is 0. The van der Waals surface area contributed by atoms with Crippen molar-refractivity contribution in [3.8, 4) is 0 Å². The average Bonchev–Trinajstić information content (AvgIpc) is 3.34. The van der Waals surface area contributed by atoms with Crippen LogP contribution in [0.2, 0.25) is 0 Å². The molecule has 8 heteroatoms. The number of amides is 2. The lowest BCUT2D eigenvalue weighted by molar-refractivity contribution is -0.124. The van der Waals surface area contributed by atoms with E-state index in [0.717, 1.165) is 38.5 Å². The summed E-state index contributed by atoms with van der Waals surface area (Å²) < 4.78 is 27.2. The lowest BCUT2D eigenvalue weighted by Crippen LogP contribution is -2.37. The fraction of sp³-hybridized carbons (Fsp3) is 0.579. The van der Waals surface area contributed by atoms with Crippen molar-refractivity contribution >= 4 is 21.8 Å². The fourth-order valence-electron chi connectivity index (χ4n) is 3.23. The van der Waals surface area contributed by atoms with Crippen molar-refractivity contribution in [3.63, 3.8) is 0 Å². The Labute approximate surface area is 160 Å². The first kappa shape index (κ1) is 19.8. The minimum atomic E-state index is -3.60. The molecule has 2 saturated carbocycles. The zero-order valence-electron chi connectivity index (χ0n) is 15.4. The summed E-state index contributed by atoms with van der Waals surface area (Å²) in [5.74, 6) is 0.234. The molecule has 1 aromatic carbocycles. The largest absolute Gasteiger partial charge is 0.354 e. The zero-order valence-corrected chi connectivity index (χ0v) is 16.2. The molecule has 0 aliphatic heterocycles. The number of benzene rings is 1. The molecule has 2 aliphatic carbocycles. The number of nitrogens with one attached hydrogen (secondary N) is 3. The molecule has 0 radical (unpaired) electrons. The van der Waals surface area contributed by atoms with E-state index in [1.54, 1.807) is 12.1 Å². The van der Waals surface area contributed by atoms with E-state index in [4.69, 9.17) is 0 Å². The van der Waals surface area contributed by atoms with Crippen LogP contribution < -0.4 is 15.4 Å². The van der Waals surface area contributed by atoms with E-state index in [2.05, 4.69) is 15.4 Å². The highest BCUT2D eigenvalue weighted by Gasteiger charge is 2.25. The number of carbonyl (C=O) groups excluding carboxylic acids is 2. The summed E-state index contributed by atoms with van der Waals surface area (Å²) in [5.41, 5.74) is 0.284. The molecule has 148 valence electrons. The van der Waals surface area contributed by atoms with Gasteiger partial charge < -0.3 is 10.6 Å². The van der Waals surface area contributed by atoms with Gasteiger partial charge in [0.2, 0.25) is 15.9 Å². The maximum atomic E-state index is 12.3. The molecule has 0 atom stereocenters. The Morgan fingerprint density at radius 3 is 2.41 bits per heavy atom.